The first-order chi connectivity index (χ1) is 7.18. The zero-order chi connectivity index (χ0) is 11.5. The molecule has 3 nitrogen and oxygen atoms in total. The number of carbonyl (C=O) groups excluding carboxylic acids is 1. The molecular formula is C12H22O3. The van der Waals surface area contributed by atoms with Gasteiger partial charge in [0, 0.05) is 19.3 Å². The second-order valence-corrected chi connectivity index (χ2v) is 3.68. The first-order valence-corrected chi connectivity index (χ1v) is 5.50. The van der Waals surface area contributed by atoms with Crippen molar-refractivity contribution in [2.75, 3.05) is 20.3 Å². The van der Waals surface area contributed by atoms with Crippen LogP contribution in [0.25, 0.3) is 0 Å². The predicted molar refractivity (Wildman–Crippen MR) is 60.7 cm³/mol. The van der Waals surface area contributed by atoms with E-state index in [1.54, 1.807) is 14.0 Å². The van der Waals surface area contributed by atoms with Gasteiger partial charge in [-0.15, -0.1) is 0 Å². The lowest BCUT2D eigenvalue weighted by molar-refractivity contribution is -0.139. The Kier molecular flexibility index (Phi) is 9.18. The van der Waals surface area contributed by atoms with Crippen LogP contribution in [0.1, 0.15) is 39.0 Å². The Hall–Kier alpha value is -0.830. The standard InChI is InChI=1S/C12H22O3/c1-11(2)12(13)15-10-8-6-4-5-7-9-14-3/h1,4-10H2,2-3H3. The second-order valence-electron chi connectivity index (χ2n) is 3.68. The summed E-state index contributed by atoms with van der Waals surface area (Å²) in [6, 6.07) is 0. The minimum atomic E-state index is -0.283. The van der Waals surface area contributed by atoms with Gasteiger partial charge in [0.15, 0.2) is 0 Å². The molecule has 0 amide bonds. The van der Waals surface area contributed by atoms with E-state index in [9.17, 15) is 4.79 Å². The molecule has 0 bridgehead atoms. The van der Waals surface area contributed by atoms with Crippen molar-refractivity contribution in [3.63, 3.8) is 0 Å². The summed E-state index contributed by atoms with van der Waals surface area (Å²) < 4.78 is 9.92. The Morgan fingerprint density at radius 2 is 1.60 bits per heavy atom. The topological polar surface area (TPSA) is 35.5 Å². The van der Waals surface area contributed by atoms with Gasteiger partial charge < -0.3 is 9.47 Å². The van der Waals surface area contributed by atoms with Crippen LogP contribution in [0.3, 0.4) is 0 Å². The number of hydrogen-bond acceptors (Lipinski definition) is 3. The number of unbranched alkanes of at least 4 members (excludes halogenated alkanes) is 4. The number of ether oxygens (including phenoxy) is 2. The van der Waals surface area contributed by atoms with Crippen molar-refractivity contribution in [2.24, 2.45) is 0 Å². The molecule has 88 valence electrons. The van der Waals surface area contributed by atoms with Gasteiger partial charge in [0.25, 0.3) is 0 Å². The van der Waals surface area contributed by atoms with Crippen LogP contribution in [-0.4, -0.2) is 26.3 Å². The monoisotopic (exact) mass is 214 g/mol. The zero-order valence-corrected chi connectivity index (χ0v) is 9.88. The molecule has 0 spiro atoms. The van der Waals surface area contributed by atoms with Crippen molar-refractivity contribution in [3.05, 3.63) is 12.2 Å². The summed E-state index contributed by atoms with van der Waals surface area (Å²) in [5.74, 6) is -0.283. The number of esters is 1. The maximum atomic E-state index is 11.0. The minimum absolute atomic E-state index is 0.283. The van der Waals surface area contributed by atoms with Crippen LogP contribution in [0.2, 0.25) is 0 Å². The van der Waals surface area contributed by atoms with Gasteiger partial charge in [-0.25, -0.2) is 4.79 Å². The first kappa shape index (κ1) is 14.2. The van der Waals surface area contributed by atoms with Crippen LogP contribution in [0, 0.1) is 0 Å². The molecule has 15 heavy (non-hydrogen) atoms. The second kappa shape index (κ2) is 9.71. The Balaban J connectivity index is 3.11. The van der Waals surface area contributed by atoms with E-state index in [-0.39, 0.29) is 5.97 Å². The fraction of sp³-hybridized carbons (Fsp3) is 0.750. The fourth-order valence-electron chi connectivity index (χ4n) is 1.17. The quantitative estimate of drug-likeness (QED) is 0.336. The number of methoxy groups -OCH3 is 1. The van der Waals surface area contributed by atoms with E-state index < -0.39 is 0 Å². The van der Waals surface area contributed by atoms with E-state index in [0.29, 0.717) is 12.2 Å². The maximum absolute atomic E-state index is 11.0. The van der Waals surface area contributed by atoms with Crippen LogP contribution < -0.4 is 0 Å². The van der Waals surface area contributed by atoms with E-state index in [1.807, 2.05) is 0 Å². The molecular weight excluding hydrogens is 192 g/mol. The van der Waals surface area contributed by atoms with E-state index in [4.69, 9.17) is 9.47 Å². The smallest absolute Gasteiger partial charge is 0.333 e. The van der Waals surface area contributed by atoms with Gasteiger partial charge in [0.2, 0.25) is 0 Å². The molecule has 0 atom stereocenters. The minimum Gasteiger partial charge on any atom is -0.462 e. The highest BCUT2D eigenvalue weighted by atomic mass is 16.5. The highest BCUT2D eigenvalue weighted by Crippen LogP contribution is 2.04. The molecule has 0 aromatic rings. The van der Waals surface area contributed by atoms with Gasteiger partial charge in [0.05, 0.1) is 6.61 Å². The third-order valence-corrected chi connectivity index (χ3v) is 2.07. The van der Waals surface area contributed by atoms with Gasteiger partial charge in [-0.3, -0.25) is 0 Å². The Labute approximate surface area is 92.5 Å². The van der Waals surface area contributed by atoms with Crippen molar-refractivity contribution in [2.45, 2.75) is 39.0 Å². The van der Waals surface area contributed by atoms with Crippen molar-refractivity contribution in [1.82, 2.24) is 0 Å². The van der Waals surface area contributed by atoms with Crippen LogP contribution in [0.5, 0.6) is 0 Å². The average Bonchev–Trinajstić information content (AvgIpc) is 2.21. The van der Waals surface area contributed by atoms with Crippen LogP contribution in [0.15, 0.2) is 12.2 Å². The maximum Gasteiger partial charge on any atom is 0.333 e. The lowest BCUT2D eigenvalue weighted by atomic mass is 10.1. The summed E-state index contributed by atoms with van der Waals surface area (Å²) in [5, 5.41) is 0. The third kappa shape index (κ3) is 9.47. The van der Waals surface area contributed by atoms with E-state index >= 15 is 0 Å². The predicted octanol–water partition coefficient (Wildman–Crippen LogP) is 2.70. The highest BCUT2D eigenvalue weighted by molar-refractivity contribution is 5.86. The molecule has 0 radical (unpaired) electrons. The van der Waals surface area contributed by atoms with Crippen LogP contribution in [0.4, 0.5) is 0 Å². The highest BCUT2D eigenvalue weighted by Gasteiger charge is 2.01. The molecule has 0 saturated carbocycles. The van der Waals surface area contributed by atoms with Gasteiger partial charge in [-0.05, 0) is 19.8 Å². The van der Waals surface area contributed by atoms with Gasteiger partial charge in [-0.2, -0.15) is 0 Å². The molecule has 0 unspecified atom stereocenters. The van der Waals surface area contributed by atoms with E-state index in [1.165, 1.54) is 12.8 Å². The Bertz CT molecular complexity index is 187. The largest absolute Gasteiger partial charge is 0.462 e. The van der Waals surface area contributed by atoms with E-state index in [0.717, 1.165) is 25.9 Å². The zero-order valence-electron chi connectivity index (χ0n) is 9.88. The van der Waals surface area contributed by atoms with Crippen LogP contribution in [-0.2, 0) is 14.3 Å². The molecule has 0 N–H and O–H groups in total. The summed E-state index contributed by atoms with van der Waals surface area (Å²) in [6.07, 6.45) is 5.51. The SMILES string of the molecule is C=C(C)C(=O)OCCCCCCCOC. The average molecular weight is 214 g/mol. The summed E-state index contributed by atoms with van der Waals surface area (Å²) >= 11 is 0. The first-order valence-electron chi connectivity index (χ1n) is 5.50. The van der Waals surface area contributed by atoms with Crippen LogP contribution >= 0.6 is 0 Å². The Morgan fingerprint density at radius 1 is 1.07 bits per heavy atom. The molecule has 0 aliphatic carbocycles. The molecule has 0 fully saturated rings. The van der Waals surface area contributed by atoms with Gasteiger partial charge in [0.1, 0.15) is 0 Å². The molecule has 3 heteroatoms. The van der Waals surface area contributed by atoms with Crippen molar-refractivity contribution >= 4 is 5.97 Å². The van der Waals surface area contributed by atoms with E-state index in [2.05, 4.69) is 6.58 Å². The van der Waals surface area contributed by atoms with Crippen molar-refractivity contribution in [1.29, 1.82) is 0 Å². The third-order valence-electron chi connectivity index (χ3n) is 2.07. The molecule has 0 heterocycles. The summed E-state index contributed by atoms with van der Waals surface area (Å²) in [7, 11) is 1.72. The Morgan fingerprint density at radius 3 is 2.13 bits per heavy atom. The summed E-state index contributed by atoms with van der Waals surface area (Å²) in [6.45, 7) is 6.52. The van der Waals surface area contributed by atoms with Gasteiger partial charge in [-0.1, -0.05) is 25.8 Å². The molecule has 0 rings (SSSR count). The summed E-state index contributed by atoms with van der Waals surface area (Å²) in [4.78, 5) is 11.0. The van der Waals surface area contributed by atoms with Crippen molar-refractivity contribution < 1.29 is 14.3 Å². The molecule has 0 saturated heterocycles. The number of carbonyl (C=O) groups is 1. The lowest BCUT2D eigenvalue weighted by Crippen LogP contribution is -2.06. The fourth-order valence-corrected chi connectivity index (χ4v) is 1.17. The molecule has 0 aromatic carbocycles. The molecule has 0 aliphatic rings. The normalized spacial score (nSPS) is 10.0. The molecule has 0 aliphatic heterocycles. The van der Waals surface area contributed by atoms with Crippen molar-refractivity contribution in [3.8, 4) is 0 Å². The number of rotatable bonds is 9. The number of hydrogen-bond donors (Lipinski definition) is 0. The van der Waals surface area contributed by atoms with Gasteiger partial charge >= 0.3 is 5.97 Å². The lowest BCUT2D eigenvalue weighted by Gasteiger charge is -2.04. The summed E-state index contributed by atoms with van der Waals surface area (Å²) in [5.41, 5.74) is 0.468. The molecule has 0 aromatic heterocycles.